The first-order valence-electron chi connectivity index (χ1n) is 6.32. The Kier molecular flexibility index (Phi) is 5.51. The lowest BCUT2D eigenvalue weighted by Crippen LogP contribution is -2.15. The molecule has 0 bridgehead atoms. The highest BCUT2D eigenvalue weighted by molar-refractivity contribution is 6.42. The molecule has 0 radical (unpaired) electrons. The average molecular weight is 367 g/mol. The summed E-state index contributed by atoms with van der Waals surface area (Å²) in [6.45, 7) is -0.247. The monoisotopic (exact) mass is 366 g/mol. The Hall–Kier alpha value is -1.77. The van der Waals surface area contributed by atoms with E-state index in [1.165, 1.54) is 12.1 Å². The zero-order valence-corrected chi connectivity index (χ0v) is 13.0. The van der Waals surface area contributed by atoms with Crippen molar-refractivity contribution in [2.45, 2.75) is 6.18 Å². The van der Waals surface area contributed by atoms with Crippen molar-refractivity contribution in [2.75, 3.05) is 23.8 Å². The maximum absolute atomic E-state index is 12.9. The lowest BCUT2D eigenvalue weighted by atomic mass is 10.3. The molecule has 0 amide bonds. The number of nitrogens with zero attached hydrogens (tertiary/aromatic N) is 2. The lowest BCUT2D eigenvalue weighted by molar-refractivity contribution is -0.141. The molecule has 0 aliphatic heterocycles. The van der Waals surface area contributed by atoms with Gasteiger partial charge in [-0.25, -0.2) is 4.98 Å². The fourth-order valence-electron chi connectivity index (χ4n) is 1.63. The molecule has 2 aromatic rings. The first kappa shape index (κ1) is 17.6. The predicted octanol–water partition coefficient (Wildman–Crippen LogP) is 3.95. The van der Waals surface area contributed by atoms with Crippen LogP contribution in [-0.2, 0) is 6.18 Å². The minimum atomic E-state index is -4.63. The summed E-state index contributed by atoms with van der Waals surface area (Å²) < 4.78 is 38.7. The van der Waals surface area contributed by atoms with Crippen LogP contribution in [0.15, 0.2) is 24.3 Å². The summed E-state index contributed by atoms with van der Waals surface area (Å²) >= 11 is 11.6. The van der Waals surface area contributed by atoms with Crippen molar-refractivity contribution in [1.29, 1.82) is 0 Å². The van der Waals surface area contributed by atoms with Crippen LogP contribution in [-0.4, -0.2) is 28.2 Å². The molecule has 0 atom stereocenters. The van der Waals surface area contributed by atoms with Gasteiger partial charge < -0.3 is 15.7 Å². The second kappa shape index (κ2) is 7.20. The van der Waals surface area contributed by atoms with Crippen LogP contribution in [0, 0.1) is 0 Å². The highest BCUT2D eigenvalue weighted by atomic mass is 35.5. The molecule has 23 heavy (non-hydrogen) atoms. The Labute approximate surface area is 139 Å². The van der Waals surface area contributed by atoms with E-state index in [0.717, 1.165) is 6.07 Å². The SMILES string of the molecule is OCCNc1nc(Nc2ccc(Cl)c(Cl)c2)cc(C(F)(F)F)n1. The van der Waals surface area contributed by atoms with Crippen LogP contribution in [0.1, 0.15) is 5.69 Å². The van der Waals surface area contributed by atoms with Crippen molar-refractivity contribution in [2.24, 2.45) is 0 Å². The van der Waals surface area contributed by atoms with E-state index in [9.17, 15) is 13.2 Å². The van der Waals surface area contributed by atoms with Gasteiger partial charge in [-0.1, -0.05) is 23.2 Å². The second-order valence-electron chi connectivity index (χ2n) is 4.36. The predicted molar refractivity (Wildman–Crippen MR) is 82.4 cm³/mol. The van der Waals surface area contributed by atoms with E-state index in [1.54, 1.807) is 6.07 Å². The van der Waals surface area contributed by atoms with E-state index in [4.69, 9.17) is 28.3 Å². The molecule has 5 nitrogen and oxygen atoms in total. The van der Waals surface area contributed by atoms with Gasteiger partial charge in [0.05, 0.1) is 16.7 Å². The van der Waals surface area contributed by atoms with Crippen molar-refractivity contribution in [3.63, 3.8) is 0 Å². The third-order valence-corrected chi connectivity index (χ3v) is 3.34. The summed E-state index contributed by atoms with van der Waals surface area (Å²) in [6.07, 6.45) is -4.63. The van der Waals surface area contributed by atoms with Gasteiger partial charge in [0.25, 0.3) is 0 Å². The van der Waals surface area contributed by atoms with Crippen LogP contribution >= 0.6 is 23.2 Å². The van der Waals surface area contributed by atoms with Gasteiger partial charge in [0.15, 0.2) is 5.69 Å². The van der Waals surface area contributed by atoms with E-state index in [2.05, 4.69) is 20.6 Å². The summed E-state index contributed by atoms with van der Waals surface area (Å²) in [5.74, 6) is -0.331. The Morgan fingerprint density at radius 3 is 2.43 bits per heavy atom. The molecule has 0 saturated heterocycles. The van der Waals surface area contributed by atoms with E-state index in [1.807, 2.05) is 0 Å². The van der Waals surface area contributed by atoms with Crippen LogP contribution in [0.2, 0.25) is 10.0 Å². The second-order valence-corrected chi connectivity index (χ2v) is 5.18. The molecule has 10 heteroatoms. The number of hydrogen-bond acceptors (Lipinski definition) is 5. The minimum absolute atomic E-state index is 0.0214. The maximum Gasteiger partial charge on any atom is 0.433 e. The number of nitrogens with one attached hydrogen (secondary N) is 2. The lowest BCUT2D eigenvalue weighted by Gasteiger charge is -2.12. The Morgan fingerprint density at radius 1 is 1.09 bits per heavy atom. The largest absolute Gasteiger partial charge is 0.433 e. The molecular formula is C13H11Cl2F3N4O. The van der Waals surface area contributed by atoms with Gasteiger partial charge in [0.2, 0.25) is 5.95 Å². The van der Waals surface area contributed by atoms with Gasteiger partial charge in [-0.3, -0.25) is 0 Å². The first-order chi connectivity index (χ1) is 10.8. The summed E-state index contributed by atoms with van der Waals surface area (Å²) in [5.41, 5.74) is -0.699. The van der Waals surface area contributed by atoms with E-state index in [-0.39, 0.29) is 29.9 Å². The average Bonchev–Trinajstić information content (AvgIpc) is 2.48. The van der Waals surface area contributed by atoms with Crippen LogP contribution in [0.4, 0.5) is 30.6 Å². The molecule has 124 valence electrons. The number of aliphatic hydroxyl groups is 1. The quantitative estimate of drug-likeness (QED) is 0.747. The number of rotatable bonds is 5. The molecule has 3 N–H and O–H groups in total. The zero-order valence-electron chi connectivity index (χ0n) is 11.5. The van der Waals surface area contributed by atoms with Crippen molar-refractivity contribution in [3.05, 3.63) is 40.0 Å². The fourth-order valence-corrected chi connectivity index (χ4v) is 1.92. The van der Waals surface area contributed by atoms with Crippen molar-refractivity contribution in [1.82, 2.24) is 9.97 Å². The summed E-state index contributed by atoms with van der Waals surface area (Å²) in [7, 11) is 0. The molecule has 1 heterocycles. The van der Waals surface area contributed by atoms with E-state index < -0.39 is 11.9 Å². The first-order valence-corrected chi connectivity index (χ1v) is 7.08. The van der Waals surface area contributed by atoms with Crippen molar-refractivity contribution >= 4 is 40.7 Å². The topological polar surface area (TPSA) is 70.1 Å². The van der Waals surface area contributed by atoms with E-state index >= 15 is 0 Å². The van der Waals surface area contributed by atoms with E-state index in [0.29, 0.717) is 10.7 Å². The Bertz CT molecular complexity index is 697. The molecule has 0 spiro atoms. The third kappa shape index (κ3) is 4.85. The molecule has 2 rings (SSSR count). The highest BCUT2D eigenvalue weighted by Crippen LogP contribution is 2.31. The van der Waals surface area contributed by atoms with Crippen LogP contribution in [0.5, 0.6) is 0 Å². The van der Waals surface area contributed by atoms with Crippen LogP contribution in [0.25, 0.3) is 0 Å². The number of aromatic nitrogens is 2. The molecule has 1 aromatic carbocycles. The number of aliphatic hydroxyl groups excluding tert-OH is 1. The van der Waals surface area contributed by atoms with Gasteiger partial charge in [-0.05, 0) is 18.2 Å². The third-order valence-electron chi connectivity index (χ3n) is 2.60. The standard InChI is InChI=1S/C13H11Cl2F3N4O/c14-8-2-1-7(5-9(8)15)20-11-6-10(13(16,17)18)21-12(22-11)19-3-4-23/h1-2,5-6,23H,3-4H2,(H2,19,20,21,22). The normalized spacial score (nSPS) is 11.4. The van der Waals surface area contributed by atoms with Crippen molar-refractivity contribution < 1.29 is 18.3 Å². The molecular weight excluding hydrogens is 356 g/mol. The Morgan fingerprint density at radius 2 is 1.83 bits per heavy atom. The van der Waals surface area contributed by atoms with Gasteiger partial charge in [0, 0.05) is 18.3 Å². The molecule has 0 aliphatic rings. The fraction of sp³-hybridized carbons (Fsp3) is 0.231. The smallest absolute Gasteiger partial charge is 0.395 e. The molecule has 0 aliphatic carbocycles. The minimum Gasteiger partial charge on any atom is -0.395 e. The maximum atomic E-state index is 12.9. The zero-order chi connectivity index (χ0) is 17.0. The van der Waals surface area contributed by atoms with Crippen molar-refractivity contribution in [3.8, 4) is 0 Å². The highest BCUT2D eigenvalue weighted by Gasteiger charge is 2.33. The van der Waals surface area contributed by atoms with Gasteiger partial charge >= 0.3 is 6.18 Å². The molecule has 0 saturated carbocycles. The number of benzene rings is 1. The van der Waals surface area contributed by atoms with Gasteiger partial charge in [-0.2, -0.15) is 18.2 Å². The number of alkyl halides is 3. The summed E-state index contributed by atoms with van der Waals surface area (Å²) in [4.78, 5) is 7.28. The molecule has 0 fully saturated rings. The number of hydrogen-bond donors (Lipinski definition) is 3. The van der Waals surface area contributed by atoms with Crippen LogP contribution < -0.4 is 10.6 Å². The number of anilines is 3. The molecule has 0 unspecified atom stereocenters. The molecule has 1 aromatic heterocycles. The Balaban J connectivity index is 2.33. The number of halogens is 5. The van der Waals surface area contributed by atoms with Gasteiger partial charge in [0.1, 0.15) is 5.82 Å². The van der Waals surface area contributed by atoms with Crippen LogP contribution in [0.3, 0.4) is 0 Å². The summed E-state index contributed by atoms with van der Waals surface area (Å²) in [5, 5.41) is 14.5. The summed E-state index contributed by atoms with van der Waals surface area (Å²) in [6, 6.07) is 5.28. The van der Waals surface area contributed by atoms with Gasteiger partial charge in [-0.15, -0.1) is 0 Å².